The molecule has 0 N–H and O–H groups in total. The van der Waals surface area contributed by atoms with Gasteiger partial charge in [-0.2, -0.15) is 0 Å². The zero-order valence-electron chi connectivity index (χ0n) is 17.1. The van der Waals surface area contributed by atoms with Gasteiger partial charge in [0.1, 0.15) is 11.6 Å². The van der Waals surface area contributed by atoms with Crippen LogP contribution >= 0.6 is 11.6 Å². The fourth-order valence-electron chi connectivity index (χ4n) is 4.07. The van der Waals surface area contributed by atoms with E-state index in [2.05, 4.69) is 28.0 Å². The molecule has 1 atom stereocenters. The summed E-state index contributed by atoms with van der Waals surface area (Å²) in [6.45, 7) is 6.14. The number of ether oxygens (including phenoxy) is 1. The molecule has 0 amide bonds. The normalized spacial score (nSPS) is 17.4. The fourth-order valence-corrected chi connectivity index (χ4v) is 4.27. The third-order valence-corrected chi connectivity index (χ3v) is 5.67. The Morgan fingerprint density at radius 3 is 2.07 bits per heavy atom. The maximum atomic E-state index is 13.3. The van der Waals surface area contributed by atoms with E-state index in [1.165, 1.54) is 23.3 Å². The summed E-state index contributed by atoms with van der Waals surface area (Å²) >= 11 is 6.31. The van der Waals surface area contributed by atoms with E-state index in [1.54, 1.807) is 0 Å². The van der Waals surface area contributed by atoms with Crippen molar-refractivity contribution in [2.24, 2.45) is 0 Å². The Hall–Kier alpha value is -2.40. The van der Waals surface area contributed by atoms with E-state index < -0.39 is 0 Å². The van der Waals surface area contributed by atoms with Crippen LogP contribution in [-0.2, 0) is 13.1 Å². The van der Waals surface area contributed by atoms with E-state index >= 15 is 0 Å². The number of hydrogen-bond acceptors (Lipinski definition) is 3. The first-order valence-electron chi connectivity index (χ1n) is 10.3. The van der Waals surface area contributed by atoms with Gasteiger partial charge in [0, 0.05) is 31.2 Å². The Kier molecular flexibility index (Phi) is 6.68. The van der Waals surface area contributed by atoms with Gasteiger partial charge in [0.15, 0.2) is 0 Å². The molecule has 1 unspecified atom stereocenters. The summed E-state index contributed by atoms with van der Waals surface area (Å²) < 4.78 is 18.9. The molecule has 4 rings (SSSR count). The second-order valence-corrected chi connectivity index (χ2v) is 8.01. The first-order valence-corrected chi connectivity index (χ1v) is 10.7. The van der Waals surface area contributed by atoms with Gasteiger partial charge in [0.2, 0.25) is 0 Å². The van der Waals surface area contributed by atoms with E-state index in [1.807, 2.05) is 49.4 Å². The van der Waals surface area contributed by atoms with Gasteiger partial charge in [-0.1, -0.05) is 48.0 Å². The lowest BCUT2D eigenvalue weighted by Gasteiger charge is -2.31. The van der Waals surface area contributed by atoms with Crippen molar-refractivity contribution in [1.29, 1.82) is 0 Å². The summed E-state index contributed by atoms with van der Waals surface area (Å²) in [6, 6.07) is 23.2. The van der Waals surface area contributed by atoms with Crippen LogP contribution in [0.3, 0.4) is 0 Å². The molecule has 30 heavy (non-hydrogen) atoms. The van der Waals surface area contributed by atoms with E-state index in [0.717, 1.165) is 42.5 Å². The Morgan fingerprint density at radius 2 is 1.50 bits per heavy atom. The molecule has 0 spiro atoms. The van der Waals surface area contributed by atoms with Gasteiger partial charge in [-0.15, -0.1) is 0 Å². The molecule has 1 heterocycles. The van der Waals surface area contributed by atoms with E-state index in [9.17, 15) is 4.39 Å². The zero-order chi connectivity index (χ0) is 20.9. The number of halogens is 2. The van der Waals surface area contributed by atoms with Crippen LogP contribution in [0.2, 0.25) is 5.02 Å². The Balaban J connectivity index is 1.56. The molecule has 5 heteroatoms. The monoisotopic (exact) mass is 424 g/mol. The van der Waals surface area contributed by atoms with Gasteiger partial charge in [-0.25, -0.2) is 4.39 Å². The van der Waals surface area contributed by atoms with Gasteiger partial charge in [0.05, 0.1) is 12.8 Å². The van der Waals surface area contributed by atoms with Crippen LogP contribution in [0.5, 0.6) is 5.75 Å². The molecular weight excluding hydrogens is 399 g/mol. The lowest BCUT2D eigenvalue weighted by atomic mass is 10.1. The summed E-state index contributed by atoms with van der Waals surface area (Å²) in [5.74, 6) is 0.690. The molecule has 1 fully saturated rings. The quantitative estimate of drug-likeness (QED) is 0.470. The number of nitrogens with zero attached hydrogens (tertiary/aromatic N) is 2. The molecule has 156 valence electrons. The second kappa shape index (κ2) is 9.61. The highest BCUT2D eigenvalue weighted by Gasteiger charge is 2.33. The van der Waals surface area contributed by atoms with E-state index in [0.29, 0.717) is 6.61 Å². The lowest BCUT2D eigenvalue weighted by Crippen LogP contribution is -2.30. The third-order valence-electron chi connectivity index (χ3n) is 5.43. The molecule has 0 bridgehead atoms. The highest BCUT2D eigenvalue weighted by molar-refractivity contribution is 6.30. The predicted octanol–water partition coefficient (Wildman–Crippen LogP) is 5.89. The van der Waals surface area contributed by atoms with Crippen LogP contribution in [0.25, 0.3) is 0 Å². The molecule has 3 nitrogen and oxygen atoms in total. The maximum Gasteiger partial charge on any atom is 0.123 e. The molecule has 0 aromatic heterocycles. The van der Waals surface area contributed by atoms with Crippen LogP contribution in [0.1, 0.15) is 29.8 Å². The lowest BCUT2D eigenvalue weighted by molar-refractivity contribution is 0.126. The molecule has 0 radical (unpaired) electrons. The van der Waals surface area contributed by atoms with Crippen molar-refractivity contribution in [2.75, 3.05) is 19.7 Å². The van der Waals surface area contributed by atoms with E-state index in [4.69, 9.17) is 16.3 Å². The third kappa shape index (κ3) is 5.01. The Labute approximate surface area is 182 Å². The minimum atomic E-state index is -0.205. The van der Waals surface area contributed by atoms with Gasteiger partial charge < -0.3 is 4.74 Å². The summed E-state index contributed by atoms with van der Waals surface area (Å²) in [5.41, 5.74) is 3.52. The maximum absolute atomic E-state index is 13.3. The predicted molar refractivity (Wildman–Crippen MR) is 119 cm³/mol. The number of benzene rings is 3. The SMILES string of the molecule is CCOc1ccc(CN2CCN(Cc3ccc(F)cc3)C2c2cccc(Cl)c2)cc1. The molecular formula is C25H26ClFN2O. The highest BCUT2D eigenvalue weighted by atomic mass is 35.5. The summed E-state index contributed by atoms with van der Waals surface area (Å²) in [7, 11) is 0. The van der Waals surface area contributed by atoms with Gasteiger partial charge >= 0.3 is 0 Å². The van der Waals surface area contributed by atoms with Crippen LogP contribution in [0, 0.1) is 5.82 Å². The average Bonchev–Trinajstić information content (AvgIpc) is 3.13. The Bertz CT molecular complexity index is 962. The first kappa shape index (κ1) is 20.9. The minimum absolute atomic E-state index is 0.111. The van der Waals surface area contributed by atoms with Crippen LogP contribution in [0.15, 0.2) is 72.8 Å². The van der Waals surface area contributed by atoms with Crippen molar-refractivity contribution < 1.29 is 9.13 Å². The fraction of sp³-hybridized carbons (Fsp3) is 0.280. The Morgan fingerprint density at radius 1 is 0.900 bits per heavy atom. The minimum Gasteiger partial charge on any atom is -0.494 e. The molecule has 0 aliphatic carbocycles. The van der Waals surface area contributed by atoms with Gasteiger partial charge in [0.25, 0.3) is 0 Å². The van der Waals surface area contributed by atoms with Crippen molar-refractivity contribution in [3.05, 3.63) is 100 Å². The molecule has 1 aliphatic heterocycles. The molecule has 3 aromatic rings. The number of rotatable bonds is 7. The van der Waals surface area contributed by atoms with Crippen LogP contribution in [-0.4, -0.2) is 29.5 Å². The average molecular weight is 425 g/mol. The van der Waals surface area contributed by atoms with Crippen molar-refractivity contribution in [1.82, 2.24) is 9.80 Å². The van der Waals surface area contributed by atoms with Gasteiger partial charge in [-0.05, 0) is 60.0 Å². The smallest absolute Gasteiger partial charge is 0.123 e. The molecule has 3 aromatic carbocycles. The molecule has 0 saturated carbocycles. The summed E-state index contributed by atoms with van der Waals surface area (Å²) in [4.78, 5) is 4.89. The highest BCUT2D eigenvalue weighted by Crippen LogP contribution is 2.34. The van der Waals surface area contributed by atoms with Crippen LogP contribution < -0.4 is 4.74 Å². The molecule has 1 aliphatic rings. The molecule has 1 saturated heterocycles. The second-order valence-electron chi connectivity index (χ2n) is 7.57. The first-order chi connectivity index (χ1) is 14.6. The van der Waals surface area contributed by atoms with E-state index in [-0.39, 0.29) is 12.0 Å². The number of hydrogen-bond donors (Lipinski definition) is 0. The summed E-state index contributed by atoms with van der Waals surface area (Å²) in [6.07, 6.45) is 0.111. The zero-order valence-corrected chi connectivity index (χ0v) is 17.9. The van der Waals surface area contributed by atoms with Crippen molar-refractivity contribution in [3.8, 4) is 5.75 Å². The standard InChI is InChI=1S/C25H26ClFN2O/c1-2-30-24-12-8-20(9-13-24)18-29-15-14-28(17-19-6-10-23(27)11-7-19)25(29)21-4-3-5-22(26)16-21/h3-13,16,25H,2,14-15,17-18H2,1H3. The topological polar surface area (TPSA) is 15.7 Å². The van der Waals surface area contributed by atoms with Crippen molar-refractivity contribution in [3.63, 3.8) is 0 Å². The van der Waals surface area contributed by atoms with Crippen molar-refractivity contribution in [2.45, 2.75) is 26.2 Å². The largest absolute Gasteiger partial charge is 0.494 e. The van der Waals surface area contributed by atoms with Crippen molar-refractivity contribution >= 4 is 11.6 Å². The van der Waals surface area contributed by atoms with Gasteiger partial charge in [-0.3, -0.25) is 9.80 Å². The summed E-state index contributed by atoms with van der Waals surface area (Å²) in [5, 5.41) is 0.738. The van der Waals surface area contributed by atoms with Crippen LogP contribution in [0.4, 0.5) is 4.39 Å².